The highest BCUT2D eigenvalue weighted by Gasteiger charge is 2.27. The van der Waals surface area contributed by atoms with Gasteiger partial charge in [-0.15, -0.1) is 0 Å². The molecular formula is C22H22N2O4. The number of amides is 1. The molecule has 0 unspecified atom stereocenters. The summed E-state index contributed by atoms with van der Waals surface area (Å²) in [6, 6.07) is 19.7. The molecule has 2 atom stereocenters. The van der Waals surface area contributed by atoms with Crippen LogP contribution in [0.4, 0.5) is 0 Å². The lowest BCUT2D eigenvalue weighted by Gasteiger charge is -2.20. The molecule has 1 heterocycles. The zero-order valence-electron chi connectivity index (χ0n) is 15.8. The Morgan fingerprint density at radius 2 is 1.68 bits per heavy atom. The molecule has 0 saturated heterocycles. The third-order valence-electron chi connectivity index (χ3n) is 4.45. The number of rotatable bonds is 7. The smallest absolute Gasteiger partial charge is 0.328 e. The zero-order valence-corrected chi connectivity index (χ0v) is 15.8. The van der Waals surface area contributed by atoms with Crippen molar-refractivity contribution in [2.45, 2.75) is 18.6 Å². The summed E-state index contributed by atoms with van der Waals surface area (Å²) in [6.45, 7) is 0. The summed E-state index contributed by atoms with van der Waals surface area (Å²) in [5, 5.41) is 3.74. The minimum absolute atomic E-state index is 0.217. The van der Waals surface area contributed by atoms with Crippen molar-refractivity contribution in [1.29, 1.82) is 0 Å². The number of hydrogen-bond donors (Lipinski definition) is 1. The van der Waals surface area contributed by atoms with E-state index in [-0.39, 0.29) is 6.42 Å². The van der Waals surface area contributed by atoms with Gasteiger partial charge in [0.05, 0.1) is 12.6 Å². The van der Waals surface area contributed by atoms with Crippen LogP contribution in [0.15, 0.2) is 66.7 Å². The van der Waals surface area contributed by atoms with Crippen LogP contribution in [0.3, 0.4) is 0 Å². The number of carbonyl (C=O) groups is 2. The average Bonchev–Trinajstić information content (AvgIpc) is 2.74. The first-order valence-corrected chi connectivity index (χ1v) is 8.93. The molecule has 0 aliphatic rings. The Balaban J connectivity index is 1.79. The SMILES string of the molecule is COC(=O)[C@@H](Cc1ccc2ccccc2n1)NC(=O)[C@@H](OC)c1ccccc1. The fourth-order valence-corrected chi connectivity index (χ4v) is 3.04. The van der Waals surface area contributed by atoms with E-state index in [2.05, 4.69) is 10.3 Å². The lowest BCUT2D eigenvalue weighted by Crippen LogP contribution is -2.45. The number of esters is 1. The summed E-state index contributed by atoms with van der Waals surface area (Å²) in [5.41, 5.74) is 2.21. The predicted octanol–water partition coefficient (Wildman–Crippen LogP) is 2.82. The molecule has 3 aromatic rings. The van der Waals surface area contributed by atoms with Crippen LogP contribution in [0, 0.1) is 0 Å². The highest BCUT2D eigenvalue weighted by atomic mass is 16.5. The Bertz CT molecular complexity index is 959. The fourth-order valence-electron chi connectivity index (χ4n) is 3.04. The Kier molecular flexibility index (Phi) is 6.34. The molecule has 0 fully saturated rings. The molecule has 1 aromatic heterocycles. The topological polar surface area (TPSA) is 77.5 Å². The number of nitrogens with zero attached hydrogens (tertiary/aromatic N) is 1. The van der Waals surface area contributed by atoms with Crippen molar-refractivity contribution in [2.75, 3.05) is 14.2 Å². The summed E-state index contributed by atoms with van der Waals surface area (Å²) in [7, 11) is 2.75. The van der Waals surface area contributed by atoms with Gasteiger partial charge in [-0.1, -0.05) is 54.6 Å². The van der Waals surface area contributed by atoms with Crippen LogP contribution in [-0.4, -0.2) is 37.1 Å². The van der Waals surface area contributed by atoms with Gasteiger partial charge in [0.15, 0.2) is 6.10 Å². The highest BCUT2D eigenvalue weighted by Crippen LogP contribution is 2.17. The average molecular weight is 378 g/mol. The number of para-hydroxylation sites is 1. The molecule has 0 radical (unpaired) electrons. The van der Waals surface area contributed by atoms with E-state index in [9.17, 15) is 9.59 Å². The van der Waals surface area contributed by atoms with Crippen molar-refractivity contribution in [1.82, 2.24) is 10.3 Å². The molecule has 0 spiro atoms. The second kappa shape index (κ2) is 9.10. The van der Waals surface area contributed by atoms with Crippen LogP contribution < -0.4 is 5.32 Å². The Morgan fingerprint density at radius 3 is 2.39 bits per heavy atom. The third-order valence-corrected chi connectivity index (χ3v) is 4.45. The Hall–Kier alpha value is -3.25. The molecule has 1 N–H and O–H groups in total. The zero-order chi connectivity index (χ0) is 19.9. The van der Waals surface area contributed by atoms with Crippen LogP contribution in [0.2, 0.25) is 0 Å². The number of ether oxygens (including phenoxy) is 2. The van der Waals surface area contributed by atoms with E-state index < -0.39 is 24.0 Å². The van der Waals surface area contributed by atoms with Crippen molar-refractivity contribution in [3.8, 4) is 0 Å². The molecule has 1 amide bonds. The van der Waals surface area contributed by atoms with Crippen LogP contribution in [0.1, 0.15) is 17.4 Å². The molecule has 2 aromatic carbocycles. The van der Waals surface area contributed by atoms with Gasteiger partial charge in [0, 0.05) is 24.6 Å². The Labute approximate surface area is 163 Å². The predicted molar refractivity (Wildman–Crippen MR) is 106 cm³/mol. The van der Waals surface area contributed by atoms with Crippen molar-refractivity contribution >= 4 is 22.8 Å². The number of fused-ring (bicyclic) bond motifs is 1. The van der Waals surface area contributed by atoms with Gasteiger partial charge in [-0.25, -0.2) is 4.79 Å². The summed E-state index contributed by atoms with van der Waals surface area (Å²) in [6.07, 6.45) is -0.605. The van der Waals surface area contributed by atoms with E-state index in [1.54, 1.807) is 12.1 Å². The van der Waals surface area contributed by atoms with Gasteiger partial charge in [-0.05, 0) is 17.7 Å². The van der Waals surface area contributed by atoms with E-state index in [1.807, 2.05) is 54.6 Å². The van der Waals surface area contributed by atoms with Gasteiger partial charge in [-0.3, -0.25) is 9.78 Å². The van der Waals surface area contributed by atoms with Gasteiger partial charge in [-0.2, -0.15) is 0 Å². The lowest BCUT2D eigenvalue weighted by atomic mass is 10.1. The first kappa shape index (κ1) is 19.5. The van der Waals surface area contributed by atoms with Crippen LogP contribution in [-0.2, 0) is 25.5 Å². The molecule has 3 rings (SSSR count). The fraction of sp³-hybridized carbons (Fsp3) is 0.227. The molecule has 6 heteroatoms. The van der Waals surface area contributed by atoms with Crippen molar-refractivity contribution in [3.05, 3.63) is 78.0 Å². The number of nitrogens with one attached hydrogen (secondary N) is 1. The van der Waals surface area contributed by atoms with Gasteiger partial charge in [0.1, 0.15) is 6.04 Å². The normalized spacial score (nSPS) is 12.9. The number of methoxy groups -OCH3 is 2. The first-order chi connectivity index (χ1) is 13.6. The van der Waals surface area contributed by atoms with E-state index in [0.717, 1.165) is 10.9 Å². The van der Waals surface area contributed by atoms with E-state index >= 15 is 0 Å². The molecule has 0 saturated carbocycles. The lowest BCUT2D eigenvalue weighted by molar-refractivity contribution is -0.146. The summed E-state index contributed by atoms with van der Waals surface area (Å²) in [5.74, 6) is -0.948. The standard InChI is InChI=1S/C22H22N2O4/c1-27-20(16-9-4-3-5-10-16)21(25)24-19(22(26)28-2)14-17-13-12-15-8-6-7-11-18(15)23-17/h3-13,19-20H,14H2,1-2H3,(H,24,25)/t19-,20+/m1/s1. The first-order valence-electron chi connectivity index (χ1n) is 8.93. The maximum atomic E-state index is 12.7. The van der Waals surface area contributed by atoms with E-state index in [1.165, 1.54) is 14.2 Å². The van der Waals surface area contributed by atoms with Gasteiger partial charge >= 0.3 is 5.97 Å². The molecule has 6 nitrogen and oxygen atoms in total. The van der Waals surface area contributed by atoms with Crippen molar-refractivity contribution in [3.63, 3.8) is 0 Å². The van der Waals surface area contributed by atoms with Gasteiger partial charge in [0.2, 0.25) is 0 Å². The Morgan fingerprint density at radius 1 is 0.964 bits per heavy atom. The molecule has 0 aliphatic carbocycles. The second-order valence-electron chi connectivity index (χ2n) is 6.31. The summed E-state index contributed by atoms with van der Waals surface area (Å²) in [4.78, 5) is 29.6. The monoisotopic (exact) mass is 378 g/mol. The summed E-state index contributed by atoms with van der Waals surface area (Å²) >= 11 is 0. The number of benzene rings is 2. The molecular weight excluding hydrogens is 356 g/mol. The maximum absolute atomic E-state index is 12.7. The summed E-state index contributed by atoms with van der Waals surface area (Å²) < 4.78 is 10.2. The van der Waals surface area contributed by atoms with Crippen LogP contribution >= 0.6 is 0 Å². The van der Waals surface area contributed by atoms with Gasteiger partial charge < -0.3 is 14.8 Å². The van der Waals surface area contributed by atoms with Crippen molar-refractivity contribution < 1.29 is 19.1 Å². The number of carbonyl (C=O) groups excluding carboxylic acids is 2. The maximum Gasteiger partial charge on any atom is 0.328 e. The van der Waals surface area contributed by atoms with Crippen LogP contribution in [0.25, 0.3) is 10.9 Å². The number of aromatic nitrogens is 1. The second-order valence-corrected chi connectivity index (χ2v) is 6.31. The largest absolute Gasteiger partial charge is 0.467 e. The molecule has 144 valence electrons. The highest BCUT2D eigenvalue weighted by molar-refractivity contribution is 5.88. The van der Waals surface area contributed by atoms with Gasteiger partial charge in [0.25, 0.3) is 5.91 Å². The number of hydrogen-bond acceptors (Lipinski definition) is 5. The quantitative estimate of drug-likeness (QED) is 0.640. The third kappa shape index (κ3) is 4.53. The number of pyridine rings is 1. The molecule has 28 heavy (non-hydrogen) atoms. The molecule has 0 aliphatic heterocycles. The minimum atomic E-state index is -0.868. The van der Waals surface area contributed by atoms with E-state index in [0.29, 0.717) is 11.3 Å². The molecule has 0 bridgehead atoms. The minimum Gasteiger partial charge on any atom is -0.467 e. The van der Waals surface area contributed by atoms with E-state index in [4.69, 9.17) is 9.47 Å². The van der Waals surface area contributed by atoms with Crippen molar-refractivity contribution in [2.24, 2.45) is 0 Å². The van der Waals surface area contributed by atoms with Crippen LogP contribution in [0.5, 0.6) is 0 Å².